The fraction of sp³-hybridized carbons (Fsp3) is 0.360. The maximum atomic E-state index is 12.1. The quantitative estimate of drug-likeness (QED) is 0.385. The van der Waals surface area contributed by atoms with Crippen molar-refractivity contribution in [3.8, 4) is 16.9 Å². The standard InChI is InChI=1S/C25H32N6O3S/c1-3-34-21-9-7-19(8-10-21)23-18-28-25(29-20-5-4-6-22(17-20)35(2,26)32)30-24(23)27-11-12-31-13-15-33-16-14-31/h4-10,17-18,26H,3,11-16H2,1-2H3,(H2,27,28,29,30). The summed E-state index contributed by atoms with van der Waals surface area (Å²) >= 11 is 0. The Hall–Kier alpha value is -3.21. The Morgan fingerprint density at radius 3 is 2.66 bits per heavy atom. The number of ether oxygens (including phenoxy) is 2. The first-order valence-corrected chi connectivity index (χ1v) is 13.6. The number of rotatable bonds is 10. The maximum Gasteiger partial charge on any atom is 0.229 e. The van der Waals surface area contributed by atoms with E-state index in [2.05, 4.69) is 20.5 Å². The normalized spacial score (nSPS) is 15.8. The predicted molar refractivity (Wildman–Crippen MR) is 139 cm³/mol. The van der Waals surface area contributed by atoms with Crippen molar-refractivity contribution in [1.29, 1.82) is 4.78 Å². The summed E-state index contributed by atoms with van der Waals surface area (Å²) in [5, 5.41) is 6.66. The minimum Gasteiger partial charge on any atom is -0.494 e. The van der Waals surface area contributed by atoms with Crippen molar-refractivity contribution >= 4 is 27.2 Å². The molecule has 1 atom stereocenters. The lowest BCUT2D eigenvalue weighted by Crippen LogP contribution is -2.39. The molecule has 0 radical (unpaired) electrons. The second kappa shape index (κ2) is 11.5. The molecule has 0 spiro atoms. The van der Waals surface area contributed by atoms with E-state index in [9.17, 15) is 4.21 Å². The van der Waals surface area contributed by atoms with Gasteiger partial charge in [0.2, 0.25) is 5.95 Å². The van der Waals surface area contributed by atoms with Gasteiger partial charge in [-0.2, -0.15) is 4.98 Å². The zero-order chi connectivity index (χ0) is 24.7. The third-order valence-electron chi connectivity index (χ3n) is 5.63. The topological polar surface area (TPSA) is 112 Å². The number of nitrogens with one attached hydrogen (secondary N) is 3. The number of aromatic nitrogens is 2. The van der Waals surface area contributed by atoms with E-state index in [1.54, 1.807) is 24.4 Å². The summed E-state index contributed by atoms with van der Waals surface area (Å²) in [6.07, 6.45) is 3.20. The second-order valence-electron chi connectivity index (χ2n) is 8.29. The van der Waals surface area contributed by atoms with E-state index in [0.29, 0.717) is 23.1 Å². The summed E-state index contributed by atoms with van der Waals surface area (Å²) in [6.45, 7) is 7.57. The zero-order valence-corrected chi connectivity index (χ0v) is 20.9. The molecular formula is C25H32N6O3S. The van der Waals surface area contributed by atoms with E-state index in [4.69, 9.17) is 19.2 Å². The molecule has 1 aliphatic rings. The van der Waals surface area contributed by atoms with Crippen LogP contribution in [0.1, 0.15) is 6.92 Å². The first-order chi connectivity index (χ1) is 16.9. The number of hydrogen-bond acceptors (Lipinski definition) is 9. The fourth-order valence-electron chi connectivity index (χ4n) is 3.79. The van der Waals surface area contributed by atoms with Gasteiger partial charge in [-0.1, -0.05) is 18.2 Å². The highest BCUT2D eigenvalue weighted by molar-refractivity contribution is 7.91. The van der Waals surface area contributed by atoms with Crippen molar-refractivity contribution in [3.05, 3.63) is 54.7 Å². The lowest BCUT2D eigenvalue weighted by Gasteiger charge is -2.26. The summed E-state index contributed by atoms with van der Waals surface area (Å²) in [5.74, 6) is 1.95. The molecule has 3 aromatic rings. The molecule has 0 bridgehead atoms. The van der Waals surface area contributed by atoms with E-state index in [-0.39, 0.29) is 0 Å². The molecule has 1 saturated heterocycles. The summed E-state index contributed by atoms with van der Waals surface area (Å²) in [5.41, 5.74) is 2.55. The summed E-state index contributed by atoms with van der Waals surface area (Å²) in [4.78, 5) is 12.1. The van der Waals surface area contributed by atoms with Crippen LogP contribution in [-0.4, -0.2) is 71.3 Å². The van der Waals surface area contributed by atoms with Gasteiger partial charge in [-0.05, 0) is 42.8 Å². The van der Waals surface area contributed by atoms with Gasteiger partial charge in [0, 0.05) is 54.8 Å². The van der Waals surface area contributed by atoms with Crippen LogP contribution >= 0.6 is 0 Å². The number of hydrogen-bond donors (Lipinski definition) is 3. The number of benzene rings is 2. The number of morpholine rings is 1. The lowest BCUT2D eigenvalue weighted by molar-refractivity contribution is 0.0398. The van der Waals surface area contributed by atoms with Gasteiger partial charge in [0.1, 0.15) is 11.6 Å². The highest BCUT2D eigenvalue weighted by Gasteiger charge is 2.13. The van der Waals surface area contributed by atoms with Crippen LogP contribution in [0.4, 0.5) is 17.5 Å². The van der Waals surface area contributed by atoms with Crippen LogP contribution in [0, 0.1) is 4.78 Å². The smallest absolute Gasteiger partial charge is 0.229 e. The Kier molecular flexibility index (Phi) is 8.17. The summed E-state index contributed by atoms with van der Waals surface area (Å²) in [6, 6.07) is 14.9. The van der Waals surface area contributed by atoms with Crippen molar-refractivity contribution in [2.45, 2.75) is 11.8 Å². The van der Waals surface area contributed by atoms with Crippen LogP contribution in [0.15, 0.2) is 59.6 Å². The van der Waals surface area contributed by atoms with Crippen molar-refractivity contribution in [3.63, 3.8) is 0 Å². The molecule has 10 heteroatoms. The third kappa shape index (κ3) is 6.91. The van der Waals surface area contributed by atoms with Gasteiger partial charge in [-0.25, -0.2) is 14.0 Å². The van der Waals surface area contributed by atoms with Crippen LogP contribution in [0.25, 0.3) is 11.1 Å². The van der Waals surface area contributed by atoms with E-state index >= 15 is 0 Å². The van der Waals surface area contributed by atoms with Crippen molar-refractivity contribution in [2.75, 3.05) is 62.9 Å². The molecule has 1 aliphatic heterocycles. The average molecular weight is 497 g/mol. The lowest BCUT2D eigenvalue weighted by atomic mass is 10.1. The molecule has 0 aliphatic carbocycles. The average Bonchev–Trinajstić information content (AvgIpc) is 2.85. The van der Waals surface area contributed by atoms with Gasteiger partial charge in [-0.15, -0.1) is 0 Å². The van der Waals surface area contributed by atoms with Crippen molar-refractivity contribution in [1.82, 2.24) is 14.9 Å². The Morgan fingerprint density at radius 2 is 1.94 bits per heavy atom. The molecule has 3 N–H and O–H groups in total. The number of nitrogens with zero attached hydrogens (tertiary/aromatic N) is 3. The van der Waals surface area contributed by atoms with Crippen LogP contribution < -0.4 is 15.4 Å². The van der Waals surface area contributed by atoms with E-state index in [1.807, 2.05) is 37.3 Å². The molecular weight excluding hydrogens is 464 g/mol. The molecule has 1 aromatic heterocycles. The van der Waals surface area contributed by atoms with E-state index in [0.717, 1.165) is 62.1 Å². The Labute approximate surface area is 206 Å². The molecule has 0 amide bonds. The first-order valence-electron chi connectivity index (χ1n) is 11.7. The molecule has 35 heavy (non-hydrogen) atoms. The summed E-state index contributed by atoms with van der Waals surface area (Å²) in [7, 11) is -2.82. The molecule has 1 fully saturated rings. The fourth-order valence-corrected chi connectivity index (χ4v) is 4.48. The van der Waals surface area contributed by atoms with Gasteiger partial charge in [0.15, 0.2) is 0 Å². The van der Waals surface area contributed by atoms with Crippen molar-refractivity contribution < 1.29 is 13.7 Å². The molecule has 4 rings (SSSR count). The largest absolute Gasteiger partial charge is 0.494 e. The van der Waals surface area contributed by atoms with Gasteiger partial charge < -0.3 is 20.1 Å². The van der Waals surface area contributed by atoms with Gasteiger partial charge in [0.25, 0.3) is 0 Å². The molecule has 0 saturated carbocycles. The van der Waals surface area contributed by atoms with Gasteiger partial charge in [-0.3, -0.25) is 4.90 Å². The minimum atomic E-state index is -2.82. The Morgan fingerprint density at radius 1 is 1.17 bits per heavy atom. The molecule has 186 valence electrons. The van der Waals surface area contributed by atoms with Crippen LogP contribution in [0.3, 0.4) is 0 Å². The monoisotopic (exact) mass is 496 g/mol. The maximum absolute atomic E-state index is 12.1. The van der Waals surface area contributed by atoms with Crippen molar-refractivity contribution in [2.24, 2.45) is 0 Å². The van der Waals surface area contributed by atoms with Crippen LogP contribution in [-0.2, 0) is 14.5 Å². The zero-order valence-electron chi connectivity index (χ0n) is 20.1. The third-order valence-corrected chi connectivity index (χ3v) is 6.78. The first kappa shape index (κ1) is 24.9. The molecule has 2 heterocycles. The van der Waals surface area contributed by atoms with Crippen LogP contribution in [0.5, 0.6) is 5.75 Å². The molecule has 2 aromatic carbocycles. The van der Waals surface area contributed by atoms with Gasteiger partial charge >= 0.3 is 0 Å². The Balaban J connectivity index is 1.57. The molecule has 1 unspecified atom stereocenters. The second-order valence-corrected chi connectivity index (χ2v) is 10.4. The van der Waals surface area contributed by atoms with E-state index < -0.39 is 9.73 Å². The van der Waals surface area contributed by atoms with E-state index in [1.165, 1.54) is 6.26 Å². The predicted octanol–water partition coefficient (Wildman–Crippen LogP) is 4.07. The summed E-state index contributed by atoms with van der Waals surface area (Å²) < 4.78 is 31.0. The van der Waals surface area contributed by atoms with Crippen LogP contribution in [0.2, 0.25) is 0 Å². The number of anilines is 3. The molecule has 9 nitrogen and oxygen atoms in total. The minimum absolute atomic E-state index is 0.415. The highest BCUT2D eigenvalue weighted by atomic mass is 32.2. The van der Waals surface area contributed by atoms with Gasteiger partial charge in [0.05, 0.1) is 29.5 Å². The highest BCUT2D eigenvalue weighted by Crippen LogP contribution is 2.29. The Bertz CT molecular complexity index is 1230. The SMILES string of the molecule is CCOc1ccc(-c2cnc(Nc3cccc(S(C)(=N)=O)c3)nc2NCCN2CCOCC2)cc1.